The highest BCUT2D eigenvalue weighted by molar-refractivity contribution is 6.30. The van der Waals surface area contributed by atoms with Gasteiger partial charge in [-0.25, -0.2) is 0 Å². The maximum Gasteiger partial charge on any atom is 0.130 e. The summed E-state index contributed by atoms with van der Waals surface area (Å²) in [6.45, 7) is 3.01. The number of ether oxygens (including phenoxy) is 1. The van der Waals surface area contributed by atoms with Gasteiger partial charge in [0, 0.05) is 17.6 Å². The fourth-order valence-electron chi connectivity index (χ4n) is 2.12. The van der Waals surface area contributed by atoms with Crippen LogP contribution in [-0.2, 0) is 6.54 Å². The third-order valence-electron chi connectivity index (χ3n) is 3.45. The largest absolute Gasteiger partial charge is 0.457 e. The normalized spacial score (nSPS) is 14.3. The predicted molar refractivity (Wildman–Crippen MR) is 82.6 cm³/mol. The first-order valence-electron chi connectivity index (χ1n) is 6.97. The molecule has 1 N–H and O–H groups in total. The van der Waals surface area contributed by atoms with Crippen LogP contribution < -0.4 is 10.1 Å². The number of halogens is 1. The van der Waals surface area contributed by atoms with Crippen LogP contribution in [0.4, 0.5) is 0 Å². The Morgan fingerprint density at radius 3 is 2.55 bits per heavy atom. The molecular formula is C17H18ClNO. The summed E-state index contributed by atoms with van der Waals surface area (Å²) in [5.74, 6) is 1.70. The molecule has 0 amide bonds. The van der Waals surface area contributed by atoms with Gasteiger partial charge in [-0.3, -0.25) is 0 Å². The van der Waals surface area contributed by atoms with E-state index in [1.165, 1.54) is 18.4 Å². The van der Waals surface area contributed by atoms with Gasteiger partial charge in [-0.2, -0.15) is 0 Å². The van der Waals surface area contributed by atoms with Crippen molar-refractivity contribution in [2.75, 3.05) is 0 Å². The van der Waals surface area contributed by atoms with E-state index < -0.39 is 0 Å². The number of hydrogen-bond acceptors (Lipinski definition) is 2. The molecule has 1 aliphatic carbocycles. The second-order valence-corrected chi connectivity index (χ2v) is 5.75. The van der Waals surface area contributed by atoms with Gasteiger partial charge in [-0.1, -0.05) is 23.7 Å². The van der Waals surface area contributed by atoms with E-state index in [0.29, 0.717) is 0 Å². The molecule has 20 heavy (non-hydrogen) atoms. The molecule has 1 aliphatic rings. The molecule has 0 aromatic heterocycles. The van der Waals surface area contributed by atoms with Gasteiger partial charge in [-0.05, 0) is 61.2 Å². The Labute approximate surface area is 124 Å². The SMILES string of the molecule is Cc1cc(CNC2CC2)ccc1Oc1ccc(Cl)cc1. The molecule has 3 rings (SSSR count). The van der Waals surface area contributed by atoms with Crippen LogP contribution in [0.2, 0.25) is 5.02 Å². The topological polar surface area (TPSA) is 21.3 Å². The zero-order valence-electron chi connectivity index (χ0n) is 11.5. The van der Waals surface area contributed by atoms with Crippen molar-refractivity contribution in [3.8, 4) is 11.5 Å². The summed E-state index contributed by atoms with van der Waals surface area (Å²) in [5, 5.41) is 4.24. The van der Waals surface area contributed by atoms with Gasteiger partial charge in [0.15, 0.2) is 0 Å². The van der Waals surface area contributed by atoms with Crippen LogP contribution in [0.5, 0.6) is 11.5 Å². The quantitative estimate of drug-likeness (QED) is 0.861. The van der Waals surface area contributed by atoms with Gasteiger partial charge < -0.3 is 10.1 Å². The van der Waals surface area contributed by atoms with E-state index >= 15 is 0 Å². The lowest BCUT2D eigenvalue weighted by Crippen LogP contribution is -2.15. The third kappa shape index (κ3) is 3.53. The number of hydrogen-bond donors (Lipinski definition) is 1. The third-order valence-corrected chi connectivity index (χ3v) is 3.70. The summed E-state index contributed by atoms with van der Waals surface area (Å²) < 4.78 is 5.88. The van der Waals surface area contributed by atoms with E-state index in [1.54, 1.807) is 0 Å². The standard InChI is InChI=1S/C17H18ClNO/c1-12-10-13(11-19-15-5-6-15)2-9-17(12)20-16-7-3-14(18)4-8-16/h2-4,7-10,15,19H,5-6,11H2,1H3. The van der Waals surface area contributed by atoms with Crippen molar-refractivity contribution in [3.63, 3.8) is 0 Å². The van der Waals surface area contributed by atoms with E-state index in [1.807, 2.05) is 30.3 Å². The fourth-order valence-corrected chi connectivity index (χ4v) is 2.24. The Morgan fingerprint density at radius 1 is 1.15 bits per heavy atom. The second kappa shape index (κ2) is 5.86. The minimum Gasteiger partial charge on any atom is -0.457 e. The van der Waals surface area contributed by atoms with Crippen molar-refractivity contribution in [2.45, 2.75) is 32.4 Å². The molecule has 0 radical (unpaired) electrons. The number of benzene rings is 2. The monoisotopic (exact) mass is 287 g/mol. The second-order valence-electron chi connectivity index (χ2n) is 5.31. The van der Waals surface area contributed by atoms with Crippen molar-refractivity contribution in [1.29, 1.82) is 0 Å². The van der Waals surface area contributed by atoms with Crippen molar-refractivity contribution in [2.24, 2.45) is 0 Å². The molecule has 1 saturated carbocycles. The number of rotatable bonds is 5. The first kappa shape index (κ1) is 13.5. The molecule has 0 spiro atoms. The van der Waals surface area contributed by atoms with Crippen LogP contribution in [0, 0.1) is 6.92 Å². The van der Waals surface area contributed by atoms with Gasteiger partial charge in [-0.15, -0.1) is 0 Å². The number of aryl methyl sites for hydroxylation is 1. The van der Waals surface area contributed by atoms with Crippen LogP contribution in [0.1, 0.15) is 24.0 Å². The Hall–Kier alpha value is -1.51. The Bertz CT molecular complexity index is 590. The summed E-state index contributed by atoms with van der Waals surface area (Å²) >= 11 is 5.87. The van der Waals surface area contributed by atoms with Crippen molar-refractivity contribution in [3.05, 3.63) is 58.6 Å². The van der Waals surface area contributed by atoms with Crippen molar-refractivity contribution < 1.29 is 4.74 Å². The highest BCUT2D eigenvalue weighted by Gasteiger charge is 2.19. The molecule has 0 saturated heterocycles. The predicted octanol–water partition coefficient (Wildman–Crippen LogP) is 4.69. The average molecular weight is 288 g/mol. The minimum absolute atomic E-state index is 0.718. The van der Waals surface area contributed by atoms with Gasteiger partial charge >= 0.3 is 0 Å². The Kier molecular flexibility index (Phi) is 3.95. The molecule has 3 heteroatoms. The van der Waals surface area contributed by atoms with Gasteiger partial charge in [0.1, 0.15) is 11.5 Å². The number of nitrogens with one attached hydrogen (secondary N) is 1. The van der Waals surface area contributed by atoms with E-state index in [-0.39, 0.29) is 0 Å². The Balaban J connectivity index is 1.68. The fraction of sp³-hybridized carbons (Fsp3) is 0.294. The zero-order valence-corrected chi connectivity index (χ0v) is 12.3. The molecule has 2 aromatic carbocycles. The summed E-state index contributed by atoms with van der Waals surface area (Å²) in [6.07, 6.45) is 2.63. The highest BCUT2D eigenvalue weighted by Crippen LogP contribution is 2.27. The first-order chi connectivity index (χ1) is 9.70. The van der Waals surface area contributed by atoms with Crippen LogP contribution >= 0.6 is 11.6 Å². The molecule has 104 valence electrons. The maximum absolute atomic E-state index is 5.88. The molecule has 1 fully saturated rings. The summed E-state index contributed by atoms with van der Waals surface area (Å²) in [6, 6.07) is 14.5. The molecule has 0 unspecified atom stereocenters. The van der Waals surface area contributed by atoms with Gasteiger partial charge in [0.25, 0.3) is 0 Å². The van der Waals surface area contributed by atoms with Crippen LogP contribution in [0.15, 0.2) is 42.5 Å². The van der Waals surface area contributed by atoms with Crippen LogP contribution in [0.3, 0.4) is 0 Å². The van der Waals surface area contributed by atoms with Crippen LogP contribution in [0.25, 0.3) is 0 Å². The molecular weight excluding hydrogens is 270 g/mol. The van der Waals surface area contributed by atoms with E-state index in [0.717, 1.165) is 34.7 Å². The molecule has 2 aromatic rings. The smallest absolute Gasteiger partial charge is 0.130 e. The zero-order chi connectivity index (χ0) is 13.9. The minimum atomic E-state index is 0.718. The average Bonchev–Trinajstić information content (AvgIpc) is 3.26. The van der Waals surface area contributed by atoms with Crippen LogP contribution in [-0.4, -0.2) is 6.04 Å². The lowest BCUT2D eigenvalue weighted by molar-refractivity contribution is 0.478. The highest BCUT2D eigenvalue weighted by atomic mass is 35.5. The Morgan fingerprint density at radius 2 is 1.90 bits per heavy atom. The van der Waals surface area contributed by atoms with Gasteiger partial charge in [0.2, 0.25) is 0 Å². The lowest BCUT2D eigenvalue weighted by atomic mass is 10.1. The van der Waals surface area contributed by atoms with E-state index in [2.05, 4.69) is 24.4 Å². The molecule has 0 aliphatic heterocycles. The maximum atomic E-state index is 5.88. The van der Waals surface area contributed by atoms with Gasteiger partial charge in [0.05, 0.1) is 0 Å². The molecule has 0 atom stereocenters. The van der Waals surface area contributed by atoms with Crippen molar-refractivity contribution in [1.82, 2.24) is 5.32 Å². The van der Waals surface area contributed by atoms with Crippen molar-refractivity contribution >= 4 is 11.6 Å². The van der Waals surface area contributed by atoms with E-state index in [4.69, 9.17) is 16.3 Å². The molecule has 0 bridgehead atoms. The lowest BCUT2D eigenvalue weighted by Gasteiger charge is -2.11. The molecule has 0 heterocycles. The summed E-state index contributed by atoms with van der Waals surface area (Å²) in [4.78, 5) is 0. The first-order valence-corrected chi connectivity index (χ1v) is 7.35. The summed E-state index contributed by atoms with van der Waals surface area (Å²) in [7, 11) is 0. The summed E-state index contributed by atoms with van der Waals surface area (Å²) in [5.41, 5.74) is 2.45. The van der Waals surface area contributed by atoms with E-state index in [9.17, 15) is 0 Å². The molecule has 2 nitrogen and oxygen atoms in total.